The number of anilines is 1. The molecule has 0 aliphatic carbocycles. The van der Waals surface area contributed by atoms with Crippen molar-refractivity contribution in [3.8, 4) is 0 Å². The maximum Gasteiger partial charge on any atom is 0.308 e. The first-order chi connectivity index (χ1) is 14.3. The molecule has 0 bridgehead atoms. The molecule has 9 nitrogen and oxygen atoms in total. The molecule has 30 heavy (non-hydrogen) atoms. The molecule has 1 aliphatic heterocycles. The van der Waals surface area contributed by atoms with E-state index in [1.54, 1.807) is 24.3 Å². The molecule has 9 heteroatoms. The summed E-state index contributed by atoms with van der Waals surface area (Å²) in [7, 11) is 0. The van der Waals surface area contributed by atoms with Gasteiger partial charge < -0.3 is 25.6 Å². The zero-order valence-corrected chi connectivity index (χ0v) is 17.7. The second-order valence-corrected chi connectivity index (χ2v) is 7.38. The molecular formula is C21H30N4O5. The number of ether oxygens (including phenoxy) is 1. The standard InChI is InChI=1S/C21H30N4O5/c1-4-11-30-19(27)12-17-21(29)22-9-10-25(17)18(26)13-23-16-7-5-15(6-8-16)20(28)24-14(2)3/h5-8,14,17,23H,4,9-13H2,1-3H3,(H,22,29)(H,24,28). The van der Waals surface area contributed by atoms with Crippen LogP contribution in [0.3, 0.4) is 0 Å². The molecule has 0 radical (unpaired) electrons. The molecule has 1 fully saturated rings. The van der Waals surface area contributed by atoms with Crippen LogP contribution in [-0.2, 0) is 19.1 Å². The van der Waals surface area contributed by atoms with E-state index in [1.807, 2.05) is 20.8 Å². The van der Waals surface area contributed by atoms with Gasteiger partial charge in [0.25, 0.3) is 5.91 Å². The van der Waals surface area contributed by atoms with Crippen LogP contribution in [0.2, 0.25) is 0 Å². The summed E-state index contributed by atoms with van der Waals surface area (Å²) in [5.41, 5.74) is 1.20. The summed E-state index contributed by atoms with van der Waals surface area (Å²) in [4.78, 5) is 50.2. The van der Waals surface area contributed by atoms with Gasteiger partial charge in [-0.25, -0.2) is 0 Å². The molecule has 0 saturated carbocycles. The fraction of sp³-hybridized carbons (Fsp3) is 0.524. The molecule has 164 valence electrons. The van der Waals surface area contributed by atoms with Crippen LogP contribution in [0.4, 0.5) is 5.69 Å². The van der Waals surface area contributed by atoms with Gasteiger partial charge in [0, 0.05) is 30.4 Å². The van der Waals surface area contributed by atoms with Crippen LogP contribution in [0, 0.1) is 0 Å². The Bertz CT molecular complexity index is 763. The number of esters is 1. The zero-order chi connectivity index (χ0) is 22.1. The number of benzene rings is 1. The molecule has 1 aromatic rings. The minimum atomic E-state index is -0.875. The van der Waals surface area contributed by atoms with Crippen LogP contribution in [0.5, 0.6) is 0 Å². The monoisotopic (exact) mass is 418 g/mol. The lowest BCUT2D eigenvalue weighted by Gasteiger charge is -2.34. The Morgan fingerprint density at radius 2 is 1.93 bits per heavy atom. The fourth-order valence-electron chi connectivity index (χ4n) is 3.01. The Labute approximate surface area is 176 Å². The molecule has 0 aromatic heterocycles. The maximum atomic E-state index is 12.7. The number of carbonyl (C=O) groups is 4. The van der Waals surface area contributed by atoms with Crippen LogP contribution >= 0.6 is 0 Å². The van der Waals surface area contributed by atoms with Crippen molar-refractivity contribution >= 4 is 29.4 Å². The predicted molar refractivity (Wildman–Crippen MR) is 112 cm³/mol. The molecular weight excluding hydrogens is 388 g/mol. The van der Waals surface area contributed by atoms with Crippen LogP contribution < -0.4 is 16.0 Å². The number of piperazine rings is 1. The largest absolute Gasteiger partial charge is 0.466 e. The Hall–Kier alpha value is -3.10. The molecule has 1 unspecified atom stereocenters. The Morgan fingerprint density at radius 3 is 2.57 bits per heavy atom. The number of nitrogens with one attached hydrogen (secondary N) is 3. The number of rotatable bonds is 9. The lowest BCUT2D eigenvalue weighted by molar-refractivity contribution is -0.151. The SMILES string of the molecule is CCCOC(=O)CC1C(=O)NCCN1C(=O)CNc1ccc(C(=O)NC(C)C)cc1. The minimum Gasteiger partial charge on any atom is -0.466 e. The fourth-order valence-corrected chi connectivity index (χ4v) is 3.01. The predicted octanol–water partition coefficient (Wildman–Crippen LogP) is 0.907. The van der Waals surface area contributed by atoms with E-state index in [0.717, 1.165) is 0 Å². The first-order valence-corrected chi connectivity index (χ1v) is 10.2. The van der Waals surface area contributed by atoms with Gasteiger partial charge in [0.05, 0.1) is 19.6 Å². The summed E-state index contributed by atoms with van der Waals surface area (Å²) in [5, 5.41) is 8.50. The highest BCUT2D eigenvalue weighted by Crippen LogP contribution is 2.13. The Kier molecular flexibility index (Phi) is 8.64. The van der Waals surface area contributed by atoms with E-state index in [4.69, 9.17) is 4.74 Å². The van der Waals surface area contributed by atoms with Gasteiger partial charge in [0.15, 0.2) is 0 Å². The average molecular weight is 418 g/mol. The van der Waals surface area contributed by atoms with Crippen LogP contribution in [0.1, 0.15) is 44.0 Å². The molecule has 1 saturated heterocycles. The topological polar surface area (TPSA) is 117 Å². The Morgan fingerprint density at radius 1 is 1.23 bits per heavy atom. The summed E-state index contributed by atoms with van der Waals surface area (Å²) >= 11 is 0. The third kappa shape index (κ3) is 6.75. The van der Waals surface area contributed by atoms with Crippen molar-refractivity contribution in [3.63, 3.8) is 0 Å². The van der Waals surface area contributed by atoms with E-state index in [2.05, 4.69) is 16.0 Å². The van der Waals surface area contributed by atoms with Gasteiger partial charge in [-0.2, -0.15) is 0 Å². The Balaban J connectivity index is 1.93. The summed E-state index contributed by atoms with van der Waals surface area (Å²) < 4.78 is 5.05. The van der Waals surface area contributed by atoms with Gasteiger partial charge in [-0.3, -0.25) is 19.2 Å². The number of hydrogen-bond acceptors (Lipinski definition) is 6. The second kappa shape index (κ2) is 11.2. The smallest absolute Gasteiger partial charge is 0.308 e. The average Bonchev–Trinajstić information content (AvgIpc) is 2.71. The first kappa shape index (κ1) is 23.2. The molecule has 2 rings (SSSR count). The van der Waals surface area contributed by atoms with Crippen molar-refractivity contribution in [1.29, 1.82) is 0 Å². The van der Waals surface area contributed by atoms with E-state index in [0.29, 0.717) is 30.8 Å². The van der Waals surface area contributed by atoms with E-state index in [1.165, 1.54) is 4.90 Å². The van der Waals surface area contributed by atoms with Gasteiger partial charge in [-0.1, -0.05) is 6.92 Å². The van der Waals surface area contributed by atoms with Crippen molar-refractivity contribution in [2.24, 2.45) is 0 Å². The lowest BCUT2D eigenvalue weighted by atomic mass is 10.1. The number of hydrogen-bond donors (Lipinski definition) is 3. The van der Waals surface area contributed by atoms with Gasteiger partial charge in [0.1, 0.15) is 6.04 Å². The van der Waals surface area contributed by atoms with Crippen LogP contribution in [0.15, 0.2) is 24.3 Å². The highest BCUT2D eigenvalue weighted by atomic mass is 16.5. The lowest BCUT2D eigenvalue weighted by Crippen LogP contribution is -2.58. The molecule has 3 amide bonds. The molecule has 1 aliphatic rings. The van der Waals surface area contributed by atoms with Crippen molar-refractivity contribution in [3.05, 3.63) is 29.8 Å². The molecule has 1 heterocycles. The summed E-state index contributed by atoms with van der Waals surface area (Å²) in [5.74, 6) is -1.31. The zero-order valence-electron chi connectivity index (χ0n) is 17.7. The minimum absolute atomic E-state index is 0.0364. The molecule has 0 spiro atoms. The van der Waals surface area contributed by atoms with E-state index in [-0.39, 0.29) is 43.3 Å². The van der Waals surface area contributed by atoms with Crippen LogP contribution in [-0.4, -0.2) is 66.9 Å². The van der Waals surface area contributed by atoms with Crippen LogP contribution in [0.25, 0.3) is 0 Å². The summed E-state index contributed by atoms with van der Waals surface area (Å²) in [6.07, 6.45) is 0.518. The third-order valence-corrected chi connectivity index (χ3v) is 4.49. The van der Waals surface area contributed by atoms with Gasteiger partial charge in [0.2, 0.25) is 11.8 Å². The maximum absolute atomic E-state index is 12.7. The molecule has 1 aromatic carbocycles. The normalized spacial score (nSPS) is 16.1. The number of nitrogens with zero attached hydrogens (tertiary/aromatic N) is 1. The van der Waals surface area contributed by atoms with Crippen molar-refractivity contribution in [1.82, 2.24) is 15.5 Å². The van der Waals surface area contributed by atoms with Crippen molar-refractivity contribution < 1.29 is 23.9 Å². The van der Waals surface area contributed by atoms with Gasteiger partial charge in [-0.05, 0) is 44.5 Å². The number of carbonyl (C=O) groups excluding carboxylic acids is 4. The highest BCUT2D eigenvalue weighted by Gasteiger charge is 2.34. The third-order valence-electron chi connectivity index (χ3n) is 4.49. The van der Waals surface area contributed by atoms with E-state index in [9.17, 15) is 19.2 Å². The summed E-state index contributed by atoms with van der Waals surface area (Å²) in [6, 6.07) is 5.94. The number of amides is 3. The molecule has 3 N–H and O–H groups in total. The van der Waals surface area contributed by atoms with Crippen molar-refractivity contribution in [2.45, 2.75) is 45.7 Å². The van der Waals surface area contributed by atoms with Gasteiger partial charge >= 0.3 is 5.97 Å². The van der Waals surface area contributed by atoms with Crippen molar-refractivity contribution in [2.75, 3.05) is 31.6 Å². The van der Waals surface area contributed by atoms with E-state index < -0.39 is 12.0 Å². The first-order valence-electron chi connectivity index (χ1n) is 10.2. The summed E-state index contributed by atoms with van der Waals surface area (Å²) in [6.45, 7) is 6.57. The second-order valence-electron chi connectivity index (χ2n) is 7.38. The quantitative estimate of drug-likeness (QED) is 0.513. The van der Waals surface area contributed by atoms with E-state index >= 15 is 0 Å². The molecule has 1 atom stereocenters. The van der Waals surface area contributed by atoms with Gasteiger partial charge in [-0.15, -0.1) is 0 Å². The highest BCUT2D eigenvalue weighted by molar-refractivity contribution is 5.95.